The molecular formula is C24H24. The lowest BCUT2D eigenvalue weighted by Crippen LogP contribution is -2.05. The molecule has 120 valence electrons. The summed E-state index contributed by atoms with van der Waals surface area (Å²) in [5.74, 6) is 0.899. The number of benzene rings is 2. The van der Waals surface area contributed by atoms with Crippen LogP contribution in [0.5, 0.6) is 0 Å². The molecule has 2 aliphatic carbocycles. The van der Waals surface area contributed by atoms with Crippen LogP contribution in [-0.4, -0.2) is 0 Å². The highest BCUT2D eigenvalue weighted by Crippen LogP contribution is 2.52. The molecule has 0 amide bonds. The van der Waals surface area contributed by atoms with Crippen LogP contribution in [0.3, 0.4) is 0 Å². The standard InChI is InChI=1S/C24H24/c1-15(2)17-13-22(16(3)4)23(14-17)24-20-11-7-5-9-18(20)19-10-6-8-12-21(19)24/h5-14,16,24H,1-4H3. The average Bonchev–Trinajstić information content (AvgIpc) is 3.14. The maximum Gasteiger partial charge on any atom is 0.0355 e. The third-order valence-electron chi connectivity index (χ3n) is 5.30. The topological polar surface area (TPSA) is 0 Å². The van der Waals surface area contributed by atoms with E-state index in [0.717, 1.165) is 0 Å². The molecular weight excluding hydrogens is 288 g/mol. The predicted molar refractivity (Wildman–Crippen MR) is 103 cm³/mol. The van der Waals surface area contributed by atoms with Gasteiger partial charge in [0, 0.05) is 5.92 Å². The number of hydrogen-bond acceptors (Lipinski definition) is 0. The van der Waals surface area contributed by atoms with E-state index in [-0.39, 0.29) is 0 Å². The van der Waals surface area contributed by atoms with Gasteiger partial charge in [-0.15, -0.1) is 0 Å². The second kappa shape index (κ2) is 5.63. The molecule has 0 radical (unpaired) electrons. The fourth-order valence-corrected chi connectivity index (χ4v) is 4.07. The van der Waals surface area contributed by atoms with E-state index in [2.05, 4.69) is 88.4 Å². The first-order chi connectivity index (χ1) is 11.6. The van der Waals surface area contributed by atoms with Crippen LogP contribution in [0.1, 0.15) is 44.7 Å². The predicted octanol–water partition coefficient (Wildman–Crippen LogP) is 6.66. The molecule has 0 atom stereocenters. The van der Waals surface area contributed by atoms with Gasteiger partial charge in [0.25, 0.3) is 0 Å². The highest BCUT2D eigenvalue weighted by atomic mass is 14.4. The van der Waals surface area contributed by atoms with Gasteiger partial charge in [0.05, 0.1) is 0 Å². The molecule has 0 aliphatic heterocycles. The van der Waals surface area contributed by atoms with Gasteiger partial charge in [0.15, 0.2) is 0 Å². The molecule has 0 unspecified atom stereocenters. The van der Waals surface area contributed by atoms with E-state index in [1.54, 1.807) is 0 Å². The molecule has 0 aromatic heterocycles. The molecule has 2 aromatic carbocycles. The second-order valence-corrected chi connectivity index (χ2v) is 7.42. The summed E-state index contributed by atoms with van der Waals surface area (Å²) < 4.78 is 0. The van der Waals surface area contributed by atoms with Crippen LogP contribution in [0.2, 0.25) is 0 Å². The van der Waals surface area contributed by atoms with Gasteiger partial charge >= 0.3 is 0 Å². The Morgan fingerprint density at radius 1 is 0.792 bits per heavy atom. The Morgan fingerprint density at radius 2 is 1.33 bits per heavy atom. The first-order valence-electron chi connectivity index (χ1n) is 8.87. The number of fused-ring (bicyclic) bond motifs is 3. The van der Waals surface area contributed by atoms with Gasteiger partial charge in [-0.1, -0.05) is 80.1 Å². The van der Waals surface area contributed by atoms with Crippen molar-refractivity contribution >= 4 is 0 Å². The molecule has 4 rings (SSSR count). The number of allylic oxidation sites excluding steroid dienone is 6. The minimum absolute atomic E-state index is 0.364. The van der Waals surface area contributed by atoms with Crippen LogP contribution in [0, 0.1) is 5.92 Å². The maximum atomic E-state index is 2.42. The zero-order valence-corrected chi connectivity index (χ0v) is 14.9. The van der Waals surface area contributed by atoms with E-state index in [0.29, 0.717) is 11.8 Å². The van der Waals surface area contributed by atoms with Crippen molar-refractivity contribution in [2.45, 2.75) is 33.6 Å². The largest absolute Gasteiger partial charge is 0.0692 e. The second-order valence-electron chi connectivity index (χ2n) is 7.42. The summed E-state index contributed by atoms with van der Waals surface area (Å²) in [4.78, 5) is 0. The molecule has 0 bridgehead atoms. The van der Waals surface area contributed by atoms with Crippen molar-refractivity contribution in [3.63, 3.8) is 0 Å². The monoisotopic (exact) mass is 312 g/mol. The SMILES string of the molecule is CC(C)=C1C=C(C(C)C)C(C2c3ccccc3-c3ccccc32)=C1. The minimum Gasteiger partial charge on any atom is -0.0692 e. The normalized spacial score (nSPS) is 16.1. The number of rotatable bonds is 2. The van der Waals surface area contributed by atoms with Crippen molar-refractivity contribution in [1.82, 2.24) is 0 Å². The van der Waals surface area contributed by atoms with Crippen molar-refractivity contribution in [3.8, 4) is 11.1 Å². The first kappa shape index (κ1) is 15.2. The van der Waals surface area contributed by atoms with Gasteiger partial charge in [0.2, 0.25) is 0 Å². The zero-order chi connectivity index (χ0) is 16.8. The average molecular weight is 312 g/mol. The van der Waals surface area contributed by atoms with Gasteiger partial charge < -0.3 is 0 Å². The fourth-order valence-electron chi connectivity index (χ4n) is 4.07. The number of hydrogen-bond donors (Lipinski definition) is 0. The van der Waals surface area contributed by atoms with Crippen LogP contribution in [0.25, 0.3) is 11.1 Å². The van der Waals surface area contributed by atoms with Crippen molar-refractivity contribution < 1.29 is 0 Å². The minimum atomic E-state index is 0.364. The lowest BCUT2D eigenvalue weighted by molar-refractivity contribution is 0.761. The Kier molecular flexibility index (Phi) is 3.57. The summed E-state index contributed by atoms with van der Waals surface area (Å²) in [7, 11) is 0. The van der Waals surface area contributed by atoms with Crippen LogP contribution in [0.4, 0.5) is 0 Å². The zero-order valence-electron chi connectivity index (χ0n) is 14.9. The molecule has 2 aliphatic rings. The van der Waals surface area contributed by atoms with Crippen LogP contribution >= 0.6 is 0 Å². The summed E-state index contributed by atoms with van der Waals surface area (Å²) in [6.07, 6.45) is 4.83. The van der Waals surface area contributed by atoms with E-state index < -0.39 is 0 Å². The highest BCUT2D eigenvalue weighted by molar-refractivity contribution is 5.82. The third kappa shape index (κ3) is 2.21. The van der Waals surface area contributed by atoms with Crippen LogP contribution < -0.4 is 0 Å². The summed E-state index contributed by atoms with van der Waals surface area (Å²) in [5, 5.41) is 0. The lowest BCUT2D eigenvalue weighted by Gasteiger charge is -2.20. The van der Waals surface area contributed by atoms with Crippen molar-refractivity contribution in [3.05, 3.63) is 94.1 Å². The van der Waals surface area contributed by atoms with Crippen LogP contribution in [0.15, 0.2) is 83.0 Å². The van der Waals surface area contributed by atoms with Gasteiger partial charge in [-0.2, -0.15) is 0 Å². The van der Waals surface area contributed by atoms with E-state index >= 15 is 0 Å². The Bertz CT molecular complexity index is 854. The molecule has 0 heteroatoms. The van der Waals surface area contributed by atoms with Gasteiger partial charge in [-0.3, -0.25) is 0 Å². The maximum absolute atomic E-state index is 2.42. The Hall–Kier alpha value is -2.34. The van der Waals surface area contributed by atoms with E-state index in [1.807, 2.05) is 0 Å². The Morgan fingerprint density at radius 3 is 1.83 bits per heavy atom. The van der Waals surface area contributed by atoms with E-state index in [1.165, 1.54) is 44.5 Å². The molecule has 24 heavy (non-hydrogen) atoms. The molecule has 2 aromatic rings. The quantitative estimate of drug-likeness (QED) is 0.582. The van der Waals surface area contributed by atoms with Gasteiger partial charge in [-0.25, -0.2) is 0 Å². The van der Waals surface area contributed by atoms with E-state index in [4.69, 9.17) is 0 Å². The van der Waals surface area contributed by atoms with E-state index in [9.17, 15) is 0 Å². The Labute approximate surface area is 145 Å². The van der Waals surface area contributed by atoms with Crippen LogP contribution in [-0.2, 0) is 0 Å². The summed E-state index contributed by atoms with van der Waals surface area (Å²) in [6.45, 7) is 9.03. The summed E-state index contributed by atoms with van der Waals surface area (Å²) in [5.41, 5.74) is 11.4. The third-order valence-corrected chi connectivity index (χ3v) is 5.30. The lowest BCUT2D eigenvalue weighted by atomic mass is 9.83. The molecule has 0 nitrogen and oxygen atoms in total. The van der Waals surface area contributed by atoms with Crippen molar-refractivity contribution in [1.29, 1.82) is 0 Å². The fraction of sp³-hybridized carbons (Fsp3) is 0.250. The first-order valence-corrected chi connectivity index (χ1v) is 8.87. The molecule has 0 saturated heterocycles. The molecule has 0 fully saturated rings. The summed E-state index contributed by atoms with van der Waals surface area (Å²) in [6, 6.07) is 17.8. The van der Waals surface area contributed by atoms with Gasteiger partial charge in [-0.05, 0) is 58.7 Å². The smallest absolute Gasteiger partial charge is 0.0355 e. The Balaban J connectivity index is 1.96. The van der Waals surface area contributed by atoms with Gasteiger partial charge in [0.1, 0.15) is 0 Å². The van der Waals surface area contributed by atoms with Crippen molar-refractivity contribution in [2.75, 3.05) is 0 Å². The summed E-state index contributed by atoms with van der Waals surface area (Å²) >= 11 is 0. The molecule has 0 heterocycles. The molecule has 0 spiro atoms. The van der Waals surface area contributed by atoms with Crippen molar-refractivity contribution in [2.24, 2.45) is 5.92 Å². The molecule has 0 N–H and O–H groups in total. The highest BCUT2D eigenvalue weighted by Gasteiger charge is 2.34. The molecule has 0 saturated carbocycles.